The van der Waals surface area contributed by atoms with Crippen LogP contribution in [0.3, 0.4) is 0 Å². The van der Waals surface area contributed by atoms with E-state index in [1.165, 1.54) is 72.5 Å². The summed E-state index contributed by atoms with van der Waals surface area (Å²) in [5.41, 5.74) is 11.6. The van der Waals surface area contributed by atoms with Gasteiger partial charge in [-0.1, -0.05) is 78.7 Å². The molecule has 1 aliphatic rings. The van der Waals surface area contributed by atoms with Crippen LogP contribution in [-0.4, -0.2) is 0 Å². The Hall–Kier alpha value is -1.79. The molecule has 0 bridgehead atoms. The first-order chi connectivity index (χ1) is 15.5. The van der Waals surface area contributed by atoms with Gasteiger partial charge in [-0.25, -0.2) is 0 Å². The summed E-state index contributed by atoms with van der Waals surface area (Å²) >= 11 is 0. The first kappa shape index (κ1) is 29.4. The molecule has 35 heavy (non-hydrogen) atoms. The summed E-state index contributed by atoms with van der Waals surface area (Å²) in [4.78, 5) is 0. The standard InChI is InChI=1S/C17H18.C15H13.2ClH.Zr/c1-4-13-14-9-5-7-11(2)16(14)17-12(3)8-6-10-15(13)17;1-10-5-3-7-12-9-13-8-4-6-11(2)15(13)14(10)12;;;/h5-10,13H,4H2,1-3H3;3-9H,1-2H3;2*1H;/q;-1;;;+3/p-2. The maximum absolute atomic E-state index is 2.30. The van der Waals surface area contributed by atoms with E-state index in [9.17, 15) is 0 Å². The Labute approximate surface area is 241 Å². The molecule has 6 rings (SSSR count). The Bertz CT molecular complexity index is 1350. The molecule has 0 atom stereocenters. The minimum Gasteiger partial charge on any atom is -1.00 e. The van der Waals surface area contributed by atoms with Gasteiger partial charge in [-0.3, -0.25) is 0 Å². The zero-order valence-electron chi connectivity index (χ0n) is 21.0. The molecule has 0 aliphatic heterocycles. The molecule has 5 aromatic carbocycles. The van der Waals surface area contributed by atoms with Crippen LogP contribution in [0, 0.1) is 27.7 Å². The van der Waals surface area contributed by atoms with E-state index < -0.39 is 0 Å². The first-order valence-electron chi connectivity index (χ1n) is 11.7. The van der Waals surface area contributed by atoms with Gasteiger partial charge in [0.1, 0.15) is 0 Å². The molecule has 3 heteroatoms. The molecule has 0 aromatic heterocycles. The third-order valence-corrected chi connectivity index (χ3v) is 7.19. The molecule has 0 heterocycles. The van der Waals surface area contributed by atoms with E-state index in [-0.39, 0.29) is 51.0 Å². The van der Waals surface area contributed by atoms with Gasteiger partial charge < -0.3 is 24.8 Å². The van der Waals surface area contributed by atoms with Gasteiger partial charge in [0.15, 0.2) is 0 Å². The van der Waals surface area contributed by atoms with Crippen molar-refractivity contribution in [1.82, 2.24) is 0 Å². The molecule has 0 fully saturated rings. The smallest absolute Gasteiger partial charge is 1.00 e. The molecule has 0 amide bonds. The number of hydrogen-bond donors (Lipinski definition) is 0. The van der Waals surface area contributed by atoms with E-state index in [4.69, 9.17) is 0 Å². The fourth-order valence-electron chi connectivity index (χ4n) is 5.72. The zero-order chi connectivity index (χ0) is 22.4. The zero-order valence-corrected chi connectivity index (χ0v) is 25.0. The van der Waals surface area contributed by atoms with Crippen LogP contribution in [0.15, 0.2) is 78.9 Å². The van der Waals surface area contributed by atoms with E-state index in [0.29, 0.717) is 5.92 Å². The van der Waals surface area contributed by atoms with Gasteiger partial charge in [-0.2, -0.15) is 0 Å². The van der Waals surface area contributed by atoms with Gasteiger partial charge in [0.25, 0.3) is 0 Å². The van der Waals surface area contributed by atoms with Crippen LogP contribution in [0.25, 0.3) is 32.7 Å². The molecule has 0 N–H and O–H groups in total. The maximum Gasteiger partial charge on any atom is 3.00 e. The Morgan fingerprint density at radius 2 is 0.943 bits per heavy atom. The summed E-state index contributed by atoms with van der Waals surface area (Å²) in [5.74, 6) is 0.597. The van der Waals surface area contributed by atoms with Crippen molar-refractivity contribution in [2.24, 2.45) is 0 Å². The number of hydrogen-bond acceptors (Lipinski definition) is 0. The molecular formula is C32H31Cl2Zr. The van der Waals surface area contributed by atoms with Crippen molar-refractivity contribution < 1.29 is 51.0 Å². The largest absolute Gasteiger partial charge is 3.00 e. The molecule has 0 saturated carbocycles. The molecule has 5 aromatic rings. The van der Waals surface area contributed by atoms with Crippen LogP contribution in [0.1, 0.15) is 52.6 Å². The maximum atomic E-state index is 2.30. The van der Waals surface area contributed by atoms with Crippen LogP contribution >= 0.6 is 0 Å². The number of fused-ring (bicyclic) bond motifs is 6. The van der Waals surface area contributed by atoms with Crippen molar-refractivity contribution >= 4 is 21.5 Å². The van der Waals surface area contributed by atoms with Crippen molar-refractivity contribution in [3.8, 4) is 11.1 Å². The Balaban J connectivity index is 0.000000229. The third kappa shape index (κ3) is 5.06. The number of halogens is 2. The summed E-state index contributed by atoms with van der Waals surface area (Å²) in [5, 5.41) is 5.56. The van der Waals surface area contributed by atoms with E-state index in [1.807, 2.05) is 0 Å². The summed E-state index contributed by atoms with van der Waals surface area (Å²) in [7, 11) is 0. The van der Waals surface area contributed by atoms with E-state index in [1.54, 1.807) is 0 Å². The van der Waals surface area contributed by atoms with Gasteiger partial charge in [0.2, 0.25) is 0 Å². The van der Waals surface area contributed by atoms with Crippen molar-refractivity contribution in [1.29, 1.82) is 0 Å². The quantitative estimate of drug-likeness (QED) is 0.269. The number of aryl methyl sites for hydroxylation is 4. The number of benzene rings is 4. The average Bonchev–Trinajstić information content (AvgIpc) is 3.33. The minimum atomic E-state index is 0. The second-order valence-corrected chi connectivity index (χ2v) is 9.26. The first-order valence-corrected chi connectivity index (χ1v) is 11.7. The molecule has 1 radical (unpaired) electrons. The fourth-order valence-corrected chi connectivity index (χ4v) is 5.72. The van der Waals surface area contributed by atoms with E-state index >= 15 is 0 Å². The van der Waals surface area contributed by atoms with Gasteiger partial charge in [-0.05, 0) is 67.5 Å². The van der Waals surface area contributed by atoms with E-state index in [0.717, 1.165) is 0 Å². The molecule has 177 valence electrons. The molecule has 0 nitrogen and oxygen atoms in total. The second-order valence-electron chi connectivity index (χ2n) is 9.26. The molecule has 0 spiro atoms. The predicted molar refractivity (Wildman–Crippen MR) is 140 cm³/mol. The monoisotopic (exact) mass is 575 g/mol. The van der Waals surface area contributed by atoms with E-state index in [2.05, 4.69) is 113 Å². The van der Waals surface area contributed by atoms with Gasteiger partial charge in [-0.15, -0.1) is 39.7 Å². The van der Waals surface area contributed by atoms with Gasteiger partial charge in [0.05, 0.1) is 0 Å². The molecule has 0 saturated heterocycles. The SMILES string of the molecule is CCC1c2cccc(C)c2-c2c(C)cccc21.Cc1cccc2[cH-]c3cccc(C)c3c12.[Cl-].[Cl-].[Zr+3]. The van der Waals surface area contributed by atoms with Crippen LogP contribution in [0.4, 0.5) is 0 Å². The summed E-state index contributed by atoms with van der Waals surface area (Å²) in [6.07, 6.45) is 1.19. The van der Waals surface area contributed by atoms with Crippen LogP contribution in [0.2, 0.25) is 0 Å². The molecule has 1 aliphatic carbocycles. The topological polar surface area (TPSA) is 0 Å². The second kappa shape index (κ2) is 12.0. The van der Waals surface area contributed by atoms with Crippen molar-refractivity contribution in [2.45, 2.75) is 47.0 Å². The summed E-state index contributed by atoms with van der Waals surface area (Å²) in [6.45, 7) is 11.1. The summed E-state index contributed by atoms with van der Waals surface area (Å²) in [6, 6.07) is 28.8. The van der Waals surface area contributed by atoms with Crippen LogP contribution in [-0.2, 0) is 26.2 Å². The molecular weight excluding hydrogens is 546 g/mol. The Kier molecular flexibility index (Phi) is 10.1. The fraction of sp³-hybridized carbons (Fsp3) is 0.219. The predicted octanol–water partition coefficient (Wildman–Crippen LogP) is 3.16. The Morgan fingerprint density at radius 1 is 0.571 bits per heavy atom. The minimum absolute atomic E-state index is 0. The third-order valence-electron chi connectivity index (χ3n) is 7.19. The summed E-state index contributed by atoms with van der Waals surface area (Å²) < 4.78 is 0. The van der Waals surface area contributed by atoms with Crippen LogP contribution < -0.4 is 24.8 Å². The van der Waals surface area contributed by atoms with Crippen LogP contribution in [0.5, 0.6) is 0 Å². The molecule has 0 unspecified atom stereocenters. The van der Waals surface area contributed by atoms with Crippen molar-refractivity contribution in [2.75, 3.05) is 0 Å². The number of rotatable bonds is 1. The normalized spacial score (nSPS) is 11.5. The van der Waals surface area contributed by atoms with Gasteiger partial charge >= 0.3 is 26.2 Å². The Morgan fingerprint density at radius 3 is 1.34 bits per heavy atom. The van der Waals surface area contributed by atoms with Crippen molar-refractivity contribution in [3.05, 3.63) is 112 Å². The van der Waals surface area contributed by atoms with Gasteiger partial charge in [0, 0.05) is 5.92 Å². The average molecular weight is 578 g/mol. The van der Waals surface area contributed by atoms with Crippen molar-refractivity contribution in [3.63, 3.8) is 0 Å².